The lowest BCUT2D eigenvalue weighted by Gasteiger charge is -2.19. The molecule has 132 valence electrons. The Labute approximate surface area is 148 Å². The minimum absolute atomic E-state index is 0.0196. The molecule has 0 aliphatic rings. The van der Waals surface area contributed by atoms with E-state index in [1.54, 1.807) is 6.20 Å². The number of benzene rings is 1. The molecular formula is C20H25N3O2. The van der Waals surface area contributed by atoms with Gasteiger partial charge in [-0.05, 0) is 29.7 Å². The first-order valence-electron chi connectivity index (χ1n) is 8.35. The van der Waals surface area contributed by atoms with E-state index in [-0.39, 0.29) is 24.4 Å². The fourth-order valence-electron chi connectivity index (χ4n) is 2.30. The van der Waals surface area contributed by atoms with Crippen molar-refractivity contribution in [3.05, 3.63) is 54.4 Å². The van der Waals surface area contributed by atoms with Crippen molar-refractivity contribution >= 4 is 11.8 Å². The van der Waals surface area contributed by atoms with E-state index in [0.29, 0.717) is 0 Å². The molecule has 1 aromatic heterocycles. The van der Waals surface area contributed by atoms with E-state index in [0.717, 1.165) is 16.7 Å². The summed E-state index contributed by atoms with van der Waals surface area (Å²) in [6, 6.07) is 11.8. The lowest BCUT2D eigenvalue weighted by Crippen LogP contribution is -2.42. The maximum Gasteiger partial charge on any atom is 0.239 e. The largest absolute Gasteiger partial charge is 0.348 e. The van der Waals surface area contributed by atoms with Gasteiger partial charge in [0, 0.05) is 17.8 Å². The number of carbonyl (C=O) groups is 2. The van der Waals surface area contributed by atoms with Gasteiger partial charge in [0.1, 0.15) is 0 Å². The molecule has 0 fully saturated rings. The quantitative estimate of drug-likeness (QED) is 0.879. The number of carbonyl (C=O) groups excluding carboxylic acids is 2. The number of rotatable bonds is 5. The summed E-state index contributed by atoms with van der Waals surface area (Å²) in [7, 11) is 0. The molecule has 0 saturated carbocycles. The maximum absolute atomic E-state index is 12.0. The van der Waals surface area contributed by atoms with Gasteiger partial charge in [0.15, 0.2) is 0 Å². The fourth-order valence-corrected chi connectivity index (χ4v) is 2.30. The van der Waals surface area contributed by atoms with Gasteiger partial charge in [-0.15, -0.1) is 0 Å². The zero-order valence-corrected chi connectivity index (χ0v) is 15.2. The summed E-state index contributed by atoms with van der Waals surface area (Å²) in [6.07, 6.45) is 3.56. The van der Waals surface area contributed by atoms with Crippen molar-refractivity contribution in [3.8, 4) is 11.1 Å². The summed E-state index contributed by atoms with van der Waals surface area (Å²) in [6.45, 7) is 7.34. The smallest absolute Gasteiger partial charge is 0.239 e. The molecule has 5 nitrogen and oxygen atoms in total. The van der Waals surface area contributed by atoms with Crippen molar-refractivity contribution in [1.82, 2.24) is 15.6 Å². The Morgan fingerprint density at radius 2 is 1.76 bits per heavy atom. The summed E-state index contributed by atoms with van der Waals surface area (Å²) >= 11 is 0. The molecular weight excluding hydrogens is 314 g/mol. The Kier molecular flexibility index (Phi) is 5.91. The van der Waals surface area contributed by atoms with Crippen LogP contribution in [0.2, 0.25) is 0 Å². The standard InChI is InChI=1S/C20H25N3O2/c1-14(23-18(24)13-22-19(25)20(2,3)4)15-7-9-16(10-8-15)17-6-5-11-21-12-17/h5-12,14H,13H2,1-4H3,(H,22,25)(H,23,24). The van der Waals surface area contributed by atoms with Crippen LogP contribution < -0.4 is 10.6 Å². The molecule has 1 aromatic carbocycles. The molecule has 25 heavy (non-hydrogen) atoms. The lowest BCUT2D eigenvalue weighted by molar-refractivity contribution is -0.131. The Morgan fingerprint density at radius 1 is 1.08 bits per heavy atom. The van der Waals surface area contributed by atoms with Crippen molar-refractivity contribution in [2.75, 3.05) is 6.54 Å². The summed E-state index contributed by atoms with van der Waals surface area (Å²) < 4.78 is 0. The van der Waals surface area contributed by atoms with Gasteiger partial charge >= 0.3 is 0 Å². The molecule has 1 atom stereocenters. The highest BCUT2D eigenvalue weighted by atomic mass is 16.2. The summed E-state index contributed by atoms with van der Waals surface area (Å²) in [5.41, 5.74) is 2.63. The Hall–Kier alpha value is -2.69. The molecule has 1 unspecified atom stereocenters. The SMILES string of the molecule is CC(NC(=O)CNC(=O)C(C)(C)C)c1ccc(-c2cccnc2)cc1. The molecule has 2 N–H and O–H groups in total. The van der Waals surface area contributed by atoms with E-state index < -0.39 is 5.41 Å². The number of aromatic nitrogens is 1. The van der Waals surface area contributed by atoms with Crippen LogP contribution in [0.25, 0.3) is 11.1 Å². The normalized spacial score (nSPS) is 12.3. The van der Waals surface area contributed by atoms with Crippen LogP contribution in [0.15, 0.2) is 48.8 Å². The monoisotopic (exact) mass is 339 g/mol. The van der Waals surface area contributed by atoms with Crippen LogP contribution in [0.4, 0.5) is 0 Å². The fraction of sp³-hybridized carbons (Fsp3) is 0.350. The highest BCUT2D eigenvalue weighted by Gasteiger charge is 2.21. The van der Waals surface area contributed by atoms with Gasteiger partial charge in [-0.2, -0.15) is 0 Å². The van der Waals surface area contributed by atoms with Crippen LogP contribution in [0, 0.1) is 5.41 Å². The van der Waals surface area contributed by atoms with E-state index >= 15 is 0 Å². The van der Waals surface area contributed by atoms with Crippen LogP contribution in [0.1, 0.15) is 39.3 Å². The van der Waals surface area contributed by atoms with Crippen molar-refractivity contribution in [3.63, 3.8) is 0 Å². The second-order valence-corrected chi connectivity index (χ2v) is 7.09. The zero-order chi connectivity index (χ0) is 18.4. The van der Waals surface area contributed by atoms with Crippen LogP contribution >= 0.6 is 0 Å². The number of nitrogens with zero attached hydrogens (tertiary/aromatic N) is 1. The van der Waals surface area contributed by atoms with Crippen molar-refractivity contribution in [1.29, 1.82) is 0 Å². The number of nitrogens with one attached hydrogen (secondary N) is 2. The topological polar surface area (TPSA) is 71.1 Å². The Bertz CT molecular complexity index is 719. The molecule has 2 rings (SSSR count). The first kappa shape index (κ1) is 18.6. The Morgan fingerprint density at radius 3 is 2.32 bits per heavy atom. The molecule has 2 aromatic rings. The molecule has 1 heterocycles. The Balaban J connectivity index is 1.91. The molecule has 2 amide bonds. The summed E-state index contributed by atoms with van der Waals surface area (Å²) in [5, 5.41) is 5.55. The third kappa shape index (κ3) is 5.41. The average molecular weight is 339 g/mol. The van der Waals surface area contributed by atoms with E-state index in [4.69, 9.17) is 0 Å². The van der Waals surface area contributed by atoms with E-state index in [2.05, 4.69) is 15.6 Å². The molecule has 5 heteroatoms. The average Bonchev–Trinajstić information content (AvgIpc) is 2.59. The van der Waals surface area contributed by atoms with Crippen molar-refractivity contribution < 1.29 is 9.59 Å². The van der Waals surface area contributed by atoms with E-state index in [1.165, 1.54) is 0 Å². The third-order valence-electron chi connectivity index (χ3n) is 3.87. The van der Waals surface area contributed by atoms with Crippen LogP contribution in [-0.4, -0.2) is 23.3 Å². The molecule has 0 spiro atoms. The highest BCUT2D eigenvalue weighted by molar-refractivity contribution is 5.87. The van der Waals surface area contributed by atoms with Gasteiger partial charge in [0.25, 0.3) is 0 Å². The molecule has 0 saturated heterocycles. The minimum Gasteiger partial charge on any atom is -0.348 e. The number of hydrogen-bond acceptors (Lipinski definition) is 3. The second-order valence-electron chi connectivity index (χ2n) is 7.09. The maximum atomic E-state index is 12.0. The second kappa shape index (κ2) is 7.92. The number of hydrogen-bond donors (Lipinski definition) is 2. The van der Waals surface area contributed by atoms with Gasteiger partial charge < -0.3 is 10.6 Å². The molecule has 0 aliphatic heterocycles. The van der Waals surface area contributed by atoms with Gasteiger partial charge in [0.2, 0.25) is 11.8 Å². The van der Waals surface area contributed by atoms with Gasteiger partial charge in [-0.25, -0.2) is 0 Å². The van der Waals surface area contributed by atoms with Crippen LogP contribution in [0.5, 0.6) is 0 Å². The predicted molar refractivity (Wildman–Crippen MR) is 98.7 cm³/mol. The van der Waals surface area contributed by atoms with E-state index in [1.807, 2.05) is 70.3 Å². The van der Waals surface area contributed by atoms with Gasteiger partial charge in [-0.1, -0.05) is 51.1 Å². The first-order valence-corrected chi connectivity index (χ1v) is 8.35. The number of pyridine rings is 1. The van der Waals surface area contributed by atoms with Crippen LogP contribution in [0.3, 0.4) is 0 Å². The molecule has 0 radical (unpaired) electrons. The van der Waals surface area contributed by atoms with Crippen molar-refractivity contribution in [2.45, 2.75) is 33.7 Å². The van der Waals surface area contributed by atoms with Crippen LogP contribution in [-0.2, 0) is 9.59 Å². The lowest BCUT2D eigenvalue weighted by atomic mass is 9.96. The minimum atomic E-state index is -0.506. The van der Waals surface area contributed by atoms with Gasteiger partial charge in [0.05, 0.1) is 12.6 Å². The van der Waals surface area contributed by atoms with Gasteiger partial charge in [-0.3, -0.25) is 14.6 Å². The third-order valence-corrected chi connectivity index (χ3v) is 3.87. The predicted octanol–water partition coefficient (Wildman–Crippen LogP) is 3.09. The first-order chi connectivity index (χ1) is 11.8. The molecule has 0 aliphatic carbocycles. The summed E-state index contributed by atoms with van der Waals surface area (Å²) in [4.78, 5) is 27.9. The summed E-state index contributed by atoms with van der Waals surface area (Å²) in [5.74, 6) is -0.349. The van der Waals surface area contributed by atoms with E-state index in [9.17, 15) is 9.59 Å². The zero-order valence-electron chi connectivity index (χ0n) is 15.2. The highest BCUT2D eigenvalue weighted by Crippen LogP contribution is 2.21. The number of amides is 2. The molecule has 0 bridgehead atoms. The van der Waals surface area contributed by atoms with Crippen molar-refractivity contribution in [2.24, 2.45) is 5.41 Å².